The van der Waals surface area contributed by atoms with Gasteiger partial charge in [0.15, 0.2) is 0 Å². The third-order valence-corrected chi connectivity index (χ3v) is 4.02. The predicted octanol–water partition coefficient (Wildman–Crippen LogP) is 3.88. The Bertz CT molecular complexity index is 788. The molecule has 0 saturated heterocycles. The van der Waals surface area contributed by atoms with Crippen molar-refractivity contribution in [1.29, 1.82) is 0 Å². The first-order valence-corrected chi connectivity index (χ1v) is 8.21. The van der Waals surface area contributed by atoms with E-state index in [0.717, 1.165) is 29.9 Å². The summed E-state index contributed by atoms with van der Waals surface area (Å²) in [4.78, 5) is 12.2. The van der Waals surface area contributed by atoms with Crippen LogP contribution in [0.15, 0.2) is 42.5 Å². The molecule has 1 amide bonds. The zero-order chi connectivity index (χ0) is 18.7. The van der Waals surface area contributed by atoms with Gasteiger partial charge in [-0.15, -0.1) is 13.2 Å². The zero-order valence-electron chi connectivity index (χ0n) is 14.1. The van der Waals surface area contributed by atoms with Crippen molar-refractivity contribution in [3.8, 4) is 11.5 Å². The van der Waals surface area contributed by atoms with Crippen LogP contribution in [0, 0.1) is 0 Å². The highest BCUT2D eigenvalue weighted by Crippen LogP contribution is 2.26. The SMILES string of the molecule is C[C@@H](Cc1ccc2c(c1)CCO2)NC(=O)c1ccc(OC(F)(F)F)cc1. The number of nitrogens with one attached hydrogen (secondary N) is 1. The maximum Gasteiger partial charge on any atom is 0.573 e. The van der Waals surface area contributed by atoms with Gasteiger partial charge in [-0.1, -0.05) is 12.1 Å². The van der Waals surface area contributed by atoms with Crippen molar-refractivity contribution in [2.75, 3.05) is 6.61 Å². The largest absolute Gasteiger partial charge is 0.573 e. The van der Waals surface area contributed by atoms with Gasteiger partial charge in [-0.05, 0) is 54.8 Å². The van der Waals surface area contributed by atoms with E-state index in [-0.39, 0.29) is 23.3 Å². The van der Waals surface area contributed by atoms with Crippen LogP contribution in [0.25, 0.3) is 0 Å². The van der Waals surface area contributed by atoms with Crippen molar-refractivity contribution in [3.63, 3.8) is 0 Å². The fourth-order valence-electron chi connectivity index (χ4n) is 2.89. The lowest BCUT2D eigenvalue weighted by Crippen LogP contribution is -2.34. The van der Waals surface area contributed by atoms with Crippen LogP contribution in [0.3, 0.4) is 0 Å². The molecule has 1 heterocycles. The van der Waals surface area contributed by atoms with Crippen LogP contribution < -0.4 is 14.8 Å². The van der Waals surface area contributed by atoms with Gasteiger partial charge in [0.25, 0.3) is 5.91 Å². The molecular weight excluding hydrogens is 347 g/mol. The molecule has 0 bridgehead atoms. The Hall–Kier alpha value is -2.70. The molecule has 1 aliphatic rings. The lowest BCUT2D eigenvalue weighted by atomic mass is 10.0. The second kappa shape index (κ2) is 7.27. The molecule has 1 aliphatic heterocycles. The lowest BCUT2D eigenvalue weighted by Gasteiger charge is -2.15. The van der Waals surface area contributed by atoms with Crippen molar-refractivity contribution in [2.24, 2.45) is 0 Å². The van der Waals surface area contributed by atoms with Crippen LogP contribution in [-0.2, 0) is 12.8 Å². The highest BCUT2D eigenvalue weighted by Gasteiger charge is 2.31. The van der Waals surface area contributed by atoms with Crippen LogP contribution >= 0.6 is 0 Å². The Labute approximate surface area is 148 Å². The zero-order valence-corrected chi connectivity index (χ0v) is 14.1. The minimum atomic E-state index is -4.75. The first-order valence-electron chi connectivity index (χ1n) is 8.21. The van der Waals surface area contributed by atoms with E-state index >= 15 is 0 Å². The summed E-state index contributed by atoms with van der Waals surface area (Å²) in [6.07, 6.45) is -3.22. The van der Waals surface area contributed by atoms with E-state index in [2.05, 4.69) is 16.1 Å². The molecule has 4 nitrogen and oxygen atoms in total. The van der Waals surface area contributed by atoms with Crippen LogP contribution in [0.2, 0.25) is 0 Å². The number of ether oxygens (including phenoxy) is 2. The molecule has 0 fully saturated rings. The normalized spacial score (nSPS) is 14.3. The van der Waals surface area contributed by atoms with Crippen molar-refractivity contribution in [2.45, 2.75) is 32.2 Å². The highest BCUT2D eigenvalue weighted by molar-refractivity contribution is 5.94. The van der Waals surface area contributed by atoms with Crippen LogP contribution in [0.4, 0.5) is 13.2 Å². The number of hydrogen-bond acceptors (Lipinski definition) is 3. The van der Waals surface area contributed by atoms with Gasteiger partial charge in [-0.3, -0.25) is 4.79 Å². The van der Waals surface area contributed by atoms with E-state index in [1.54, 1.807) is 0 Å². The summed E-state index contributed by atoms with van der Waals surface area (Å²) in [5.74, 6) is 0.203. The average Bonchev–Trinajstić information content (AvgIpc) is 3.01. The Morgan fingerprint density at radius 3 is 2.65 bits per heavy atom. The number of carbonyl (C=O) groups is 1. The van der Waals surface area contributed by atoms with E-state index in [9.17, 15) is 18.0 Å². The second-order valence-corrected chi connectivity index (χ2v) is 6.19. The molecule has 0 aliphatic carbocycles. The number of carbonyl (C=O) groups excluding carboxylic acids is 1. The number of hydrogen-bond donors (Lipinski definition) is 1. The van der Waals surface area contributed by atoms with Crippen LogP contribution in [0.5, 0.6) is 11.5 Å². The summed E-state index contributed by atoms with van der Waals surface area (Å²) in [6, 6.07) is 10.7. The van der Waals surface area contributed by atoms with Gasteiger partial charge in [-0.25, -0.2) is 0 Å². The summed E-state index contributed by atoms with van der Waals surface area (Å²) < 4.78 is 45.7. The standard InChI is InChI=1S/C19H18F3NO3/c1-12(10-13-2-7-17-15(11-13)8-9-25-17)23-18(24)14-3-5-16(6-4-14)26-19(20,21)22/h2-7,11-12H,8-10H2,1H3,(H,23,24)/t12-/m0/s1. The van der Waals surface area contributed by atoms with Gasteiger partial charge in [0.05, 0.1) is 6.61 Å². The molecule has 0 spiro atoms. The molecule has 1 atom stereocenters. The third-order valence-electron chi connectivity index (χ3n) is 4.02. The molecule has 2 aromatic rings. The van der Waals surface area contributed by atoms with E-state index in [1.807, 2.05) is 19.1 Å². The van der Waals surface area contributed by atoms with Crippen molar-refractivity contribution in [1.82, 2.24) is 5.32 Å². The maximum absolute atomic E-state index is 12.2. The molecule has 3 rings (SSSR count). The average molecular weight is 365 g/mol. The van der Waals surface area contributed by atoms with E-state index < -0.39 is 6.36 Å². The van der Waals surface area contributed by atoms with E-state index in [0.29, 0.717) is 13.0 Å². The lowest BCUT2D eigenvalue weighted by molar-refractivity contribution is -0.274. The fraction of sp³-hybridized carbons (Fsp3) is 0.316. The summed E-state index contributed by atoms with van der Waals surface area (Å²) in [7, 11) is 0. The molecule has 26 heavy (non-hydrogen) atoms. The molecular formula is C19H18F3NO3. The smallest absolute Gasteiger partial charge is 0.493 e. The first kappa shape index (κ1) is 18.1. The van der Waals surface area contributed by atoms with Gasteiger partial charge >= 0.3 is 6.36 Å². The highest BCUT2D eigenvalue weighted by atomic mass is 19.4. The molecule has 2 aromatic carbocycles. The second-order valence-electron chi connectivity index (χ2n) is 6.19. The summed E-state index contributed by atoms with van der Waals surface area (Å²) in [6.45, 7) is 2.57. The molecule has 0 radical (unpaired) electrons. The van der Waals surface area contributed by atoms with Crippen molar-refractivity contribution < 1.29 is 27.4 Å². The number of alkyl halides is 3. The van der Waals surface area contributed by atoms with Gasteiger partial charge in [0.2, 0.25) is 0 Å². The quantitative estimate of drug-likeness (QED) is 0.875. The Morgan fingerprint density at radius 2 is 1.96 bits per heavy atom. The Kier molecular flexibility index (Phi) is 5.06. The number of benzene rings is 2. The van der Waals surface area contributed by atoms with E-state index in [1.165, 1.54) is 17.7 Å². The maximum atomic E-state index is 12.2. The molecule has 138 valence electrons. The first-order chi connectivity index (χ1) is 12.3. The predicted molar refractivity (Wildman–Crippen MR) is 89.4 cm³/mol. The number of halogens is 3. The summed E-state index contributed by atoms with van der Waals surface area (Å²) in [5, 5.41) is 2.85. The van der Waals surface area contributed by atoms with Gasteiger partial charge in [0.1, 0.15) is 11.5 Å². The Balaban J connectivity index is 1.57. The van der Waals surface area contributed by atoms with Gasteiger partial charge in [-0.2, -0.15) is 0 Å². The van der Waals surface area contributed by atoms with Crippen LogP contribution in [-0.4, -0.2) is 24.9 Å². The fourth-order valence-corrected chi connectivity index (χ4v) is 2.89. The Morgan fingerprint density at radius 1 is 1.23 bits per heavy atom. The molecule has 7 heteroatoms. The molecule has 0 saturated carbocycles. The molecule has 0 aromatic heterocycles. The van der Waals surface area contributed by atoms with Crippen molar-refractivity contribution in [3.05, 3.63) is 59.2 Å². The number of amides is 1. The topological polar surface area (TPSA) is 47.6 Å². The number of rotatable bonds is 5. The van der Waals surface area contributed by atoms with E-state index in [4.69, 9.17) is 4.74 Å². The molecule has 1 N–H and O–H groups in total. The molecule has 0 unspecified atom stereocenters. The van der Waals surface area contributed by atoms with Crippen LogP contribution in [0.1, 0.15) is 28.4 Å². The minimum Gasteiger partial charge on any atom is -0.493 e. The van der Waals surface area contributed by atoms with Gasteiger partial charge < -0.3 is 14.8 Å². The summed E-state index contributed by atoms with van der Waals surface area (Å²) in [5.41, 5.74) is 2.53. The third kappa shape index (κ3) is 4.68. The number of fused-ring (bicyclic) bond motifs is 1. The summed E-state index contributed by atoms with van der Waals surface area (Å²) >= 11 is 0. The monoisotopic (exact) mass is 365 g/mol. The minimum absolute atomic E-state index is 0.131. The van der Waals surface area contributed by atoms with Gasteiger partial charge in [0, 0.05) is 18.0 Å². The van der Waals surface area contributed by atoms with Crippen molar-refractivity contribution >= 4 is 5.91 Å².